The Bertz CT molecular complexity index is 1110. The minimum absolute atomic E-state index is 0.0294. The molecule has 2 aromatic carbocycles. The number of pyridine rings is 1. The fraction of sp³-hybridized carbons (Fsp3) is 0.100. The van der Waals surface area contributed by atoms with Gasteiger partial charge in [0.25, 0.3) is 0 Å². The number of rotatable bonds is 5. The summed E-state index contributed by atoms with van der Waals surface area (Å²) in [6.45, 7) is 0. The van der Waals surface area contributed by atoms with E-state index >= 15 is 0 Å². The molecule has 0 atom stereocenters. The van der Waals surface area contributed by atoms with E-state index in [2.05, 4.69) is 14.5 Å². The van der Waals surface area contributed by atoms with E-state index in [-0.39, 0.29) is 27.9 Å². The highest BCUT2D eigenvalue weighted by Crippen LogP contribution is 2.36. The van der Waals surface area contributed by atoms with E-state index in [1.807, 2.05) is 0 Å². The normalized spacial score (nSPS) is 11.8. The number of halogens is 6. The summed E-state index contributed by atoms with van der Waals surface area (Å²) in [6.07, 6.45) is -8.91. The molecule has 11 heteroatoms. The number of ether oxygens (including phenoxy) is 2. The van der Waals surface area contributed by atoms with Crippen LogP contribution in [0.4, 0.5) is 26.3 Å². The Hall–Kier alpha value is -3.76. The average Bonchev–Trinajstić information content (AvgIpc) is 2.65. The Morgan fingerprint density at radius 1 is 0.806 bits per heavy atom. The van der Waals surface area contributed by atoms with E-state index in [1.165, 1.54) is 24.3 Å². The number of carboxylic acid groups (broad SMARTS) is 1. The molecule has 3 rings (SSSR count). The van der Waals surface area contributed by atoms with Crippen molar-refractivity contribution in [3.05, 3.63) is 66.4 Å². The lowest BCUT2D eigenvalue weighted by Crippen LogP contribution is -2.17. The lowest BCUT2D eigenvalue weighted by atomic mass is 9.97. The van der Waals surface area contributed by atoms with Crippen LogP contribution in [0.1, 0.15) is 10.4 Å². The molecule has 0 radical (unpaired) electrons. The summed E-state index contributed by atoms with van der Waals surface area (Å²) in [5, 5.41) is 9.24. The van der Waals surface area contributed by atoms with Gasteiger partial charge in [0, 0.05) is 17.3 Å². The molecule has 3 aromatic rings. The van der Waals surface area contributed by atoms with Crippen LogP contribution in [-0.4, -0.2) is 28.8 Å². The van der Waals surface area contributed by atoms with Gasteiger partial charge in [-0.05, 0) is 35.9 Å². The number of aromatic carboxylic acids is 1. The maximum absolute atomic E-state index is 12.6. The summed E-state index contributed by atoms with van der Waals surface area (Å²) >= 11 is 0. The van der Waals surface area contributed by atoms with Gasteiger partial charge in [0.2, 0.25) is 0 Å². The van der Waals surface area contributed by atoms with Gasteiger partial charge in [-0.3, -0.25) is 4.98 Å². The molecule has 0 saturated heterocycles. The second kappa shape index (κ2) is 8.17. The molecule has 0 unspecified atom stereocenters. The van der Waals surface area contributed by atoms with Crippen molar-refractivity contribution in [2.45, 2.75) is 12.7 Å². The first kappa shape index (κ1) is 21.9. The summed E-state index contributed by atoms with van der Waals surface area (Å²) < 4.78 is 83.0. The summed E-state index contributed by atoms with van der Waals surface area (Å²) in [5.41, 5.74) is 0.0485. The van der Waals surface area contributed by atoms with Gasteiger partial charge in [-0.2, -0.15) is 0 Å². The highest BCUT2D eigenvalue weighted by Gasteiger charge is 2.32. The maximum atomic E-state index is 12.6. The molecular formula is C20H11F6NO4. The smallest absolute Gasteiger partial charge is 0.478 e. The molecule has 1 aromatic heterocycles. The minimum atomic E-state index is -4.95. The molecule has 5 nitrogen and oxygen atoms in total. The summed E-state index contributed by atoms with van der Waals surface area (Å²) in [6, 6.07) is 10.6. The third-order valence-corrected chi connectivity index (χ3v) is 3.85. The van der Waals surface area contributed by atoms with Gasteiger partial charge in [-0.1, -0.05) is 24.3 Å². The highest BCUT2D eigenvalue weighted by molar-refractivity contribution is 5.92. The fourth-order valence-electron chi connectivity index (χ4n) is 2.73. The van der Waals surface area contributed by atoms with Crippen LogP contribution < -0.4 is 9.47 Å². The van der Waals surface area contributed by atoms with Crippen molar-refractivity contribution >= 4 is 5.97 Å². The topological polar surface area (TPSA) is 68.7 Å². The quantitative estimate of drug-likeness (QED) is 0.497. The lowest BCUT2D eigenvalue weighted by Gasteiger charge is -2.14. The maximum Gasteiger partial charge on any atom is 0.573 e. The first-order chi connectivity index (χ1) is 14.4. The zero-order valence-corrected chi connectivity index (χ0v) is 15.2. The van der Waals surface area contributed by atoms with Gasteiger partial charge in [0.1, 0.15) is 11.5 Å². The van der Waals surface area contributed by atoms with Crippen LogP contribution in [0.5, 0.6) is 11.5 Å². The van der Waals surface area contributed by atoms with Gasteiger partial charge in [-0.15, -0.1) is 26.3 Å². The predicted molar refractivity (Wildman–Crippen MR) is 95.4 cm³/mol. The number of nitrogens with zero attached hydrogens (tertiary/aromatic N) is 1. The number of benzene rings is 2. The van der Waals surface area contributed by atoms with Gasteiger partial charge in [-0.25, -0.2) is 4.79 Å². The molecule has 0 amide bonds. The second-order valence-corrected chi connectivity index (χ2v) is 6.08. The Labute approximate surface area is 170 Å². The Kier molecular flexibility index (Phi) is 5.78. The number of hydrogen-bond acceptors (Lipinski definition) is 4. The molecule has 0 aliphatic heterocycles. The molecule has 0 fully saturated rings. The second-order valence-electron chi connectivity index (χ2n) is 6.08. The molecule has 1 N–H and O–H groups in total. The third kappa shape index (κ3) is 5.87. The molecular weight excluding hydrogens is 432 g/mol. The minimum Gasteiger partial charge on any atom is -0.478 e. The first-order valence-corrected chi connectivity index (χ1v) is 8.37. The van der Waals surface area contributed by atoms with Crippen LogP contribution in [0, 0.1) is 0 Å². The van der Waals surface area contributed by atoms with E-state index in [4.69, 9.17) is 0 Å². The number of carbonyl (C=O) groups is 1. The Morgan fingerprint density at radius 2 is 1.32 bits per heavy atom. The number of aromatic nitrogens is 1. The third-order valence-electron chi connectivity index (χ3n) is 3.85. The number of alkyl halides is 6. The zero-order valence-electron chi connectivity index (χ0n) is 15.2. The van der Waals surface area contributed by atoms with E-state index in [1.54, 1.807) is 0 Å². The van der Waals surface area contributed by atoms with Gasteiger partial charge < -0.3 is 14.6 Å². The molecule has 0 spiro atoms. The largest absolute Gasteiger partial charge is 0.573 e. The standard InChI is InChI=1S/C20H11F6NO4/c21-19(22,23)30-14-5-1-3-11(7-14)16-9-13(18(28)29)10-27-17(16)12-4-2-6-15(8-12)31-20(24,25)26/h1-10H,(H,28,29). The van der Waals surface area contributed by atoms with Crippen molar-refractivity contribution < 1.29 is 45.7 Å². The van der Waals surface area contributed by atoms with Crippen LogP contribution in [0.15, 0.2) is 60.8 Å². The Balaban J connectivity index is 2.13. The first-order valence-electron chi connectivity index (χ1n) is 8.37. The summed E-state index contributed by atoms with van der Waals surface area (Å²) in [4.78, 5) is 15.3. The SMILES string of the molecule is O=C(O)c1cnc(-c2cccc(OC(F)(F)F)c2)c(-c2cccc(OC(F)(F)F)c2)c1. The fourth-order valence-corrected chi connectivity index (χ4v) is 2.73. The molecule has 0 aliphatic rings. The highest BCUT2D eigenvalue weighted by atomic mass is 19.4. The lowest BCUT2D eigenvalue weighted by molar-refractivity contribution is -0.275. The Morgan fingerprint density at radius 3 is 1.84 bits per heavy atom. The van der Waals surface area contributed by atoms with Gasteiger partial charge in [0.05, 0.1) is 11.3 Å². The molecule has 0 bridgehead atoms. The van der Waals surface area contributed by atoms with Crippen LogP contribution >= 0.6 is 0 Å². The van der Waals surface area contributed by atoms with Gasteiger partial charge in [0.15, 0.2) is 0 Å². The number of hydrogen-bond donors (Lipinski definition) is 1. The van der Waals surface area contributed by atoms with Crippen molar-refractivity contribution in [1.29, 1.82) is 0 Å². The van der Waals surface area contributed by atoms with Crippen molar-refractivity contribution in [3.8, 4) is 33.9 Å². The van der Waals surface area contributed by atoms with Crippen molar-refractivity contribution in [1.82, 2.24) is 4.98 Å². The van der Waals surface area contributed by atoms with Crippen molar-refractivity contribution in [2.75, 3.05) is 0 Å². The molecule has 162 valence electrons. The van der Waals surface area contributed by atoms with Crippen LogP contribution in [0.3, 0.4) is 0 Å². The van der Waals surface area contributed by atoms with E-state index < -0.39 is 30.2 Å². The van der Waals surface area contributed by atoms with Gasteiger partial charge >= 0.3 is 18.7 Å². The van der Waals surface area contributed by atoms with Crippen LogP contribution in [0.25, 0.3) is 22.4 Å². The predicted octanol–water partition coefficient (Wildman–Crippen LogP) is 5.91. The van der Waals surface area contributed by atoms with Crippen LogP contribution in [-0.2, 0) is 0 Å². The summed E-state index contributed by atoms with van der Waals surface area (Å²) in [5.74, 6) is -2.46. The molecule has 0 saturated carbocycles. The van der Waals surface area contributed by atoms with Crippen LogP contribution in [0.2, 0.25) is 0 Å². The molecule has 1 heterocycles. The average molecular weight is 443 g/mol. The monoisotopic (exact) mass is 443 g/mol. The van der Waals surface area contributed by atoms with E-state index in [0.29, 0.717) is 0 Å². The van der Waals surface area contributed by atoms with Crippen molar-refractivity contribution in [3.63, 3.8) is 0 Å². The zero-order chi connectivity index (χ0) is 22.8. The molecule has 31 heavy (non-hydrogen) atoms. The summed E-state index contributed by atoms with van der Waals surface area (Å²) in [7, 11) is 0. The van der Waals surface area contributed by atoms with E-state index in [9.17, 15) is 36.2 Å². The number of carboxylic acids is 1. The van der Waals surface area contributed by atoms with E-state index in [0.717, 1.165) is 36.5 Å². The molecule has 0 aliphatic carbocycles. The van der Waals surface area contributed by atoms with Crippen molar-refractivity contribution in [2.24, 2.45) is 0 Å².